The van der Waals surface area contributed by atoms with Gasteiger partial charge in [-0.2, -0.15) is 11.3 Å². The zero-order valence-electron chi connectivity index (χ0n) is 16.1. The number of amides is 1. The predicted octanol–water partition coefficient (Wildman–Crippen LogP) is 3.75. The molecule has 1 aromatic heterocycles. The Balaban J connectivity index is 1.68. The van der Waals surface area contributed by atoms with Crippen molar-refractivity contribution in [3.8, 4) is 0 Å². The summed E-state index contributed by atoms with van der Waals surface area (Å²) >= 11 is 1.56. The van der Waals surface area contributed by atoms with Gasteiger partial charge in [0, 0.05) is 30.7 Å². The summed E-state index contributed by atoms with van der Waals surface area (Å²) in [4.78, 5) is 19.9. The summed E-state index contributed by atoms with van der Waals surface area (Å²) < 4.78 is 0. The van der Waals surface area contributed by atoms with Gasteiger partial charge in [0.2, 0.25) is 0 Å². The third kappa shape index (κ3) is 3.64. The van der Waals surface area contributed by atoms with Crippen LogP contribution in [0.1, 0.15) is 43.1 Å². The molecule has 1 saturated heterocycles. The quantitative estimate of drug-likeness (QED) is 0.790. The summed E-state index contributed by atoms with van der Waals surface area (Å²) in [6, 6.07) is 10.2. The number of carbonyl (C=O) groups is 1. The first-order chi connectivity index (χ1) is 12.9. The van der Waals surface area contributed by atoms with E-state index in [9.17, 15) is 4.79 Å². The molecule has 3 heterocycles. The lowest BCUT2D eigenvalue weighted by Crippen LogP contribution is -2.56. The number of anilines is 1. The van der Waals surface area contributed by atoms with E-state index in [0.717, 1.165) is 36.6 Å². The molecule has 2 N–H and O–H groups in total. The Bertz CT molecular complexity index is 869. The molecule has 1 unspecified atom stereocenters. The first-order valence-electron chi connectivity index (χ1n) is 9.38. The highest BCUT2D eigenvalue weighted by Crippen LogP contribution is 2.31. The first kappa shape index (κ1) is 18.2. The van der Waals surface area contributed by atoms with Crippen molar-refractivity contribution in [2.24, 2.45) is 4.99 Å². The summed E-state index contributed by atoms with van der Waals surface area (Å²) in [5, 5.41) is 11.2. The van der Waals surface area contributed by atoms with E-state index in [1.54, 1.807) is 11.3 Å². The van der Waals surface area contributed by atoms with Crippen LogP contribution in [0.4, 0.5) is 5.69 Å². The molecule has 1 fully saturated rings. The number of aliphatic imine (C=N–C) groups is 1. The number of fused-ring (bicyclic) bond motifs is 1. The molecule has 1 spiro atoms. The van der Waals surface area contributed by atoms with Crippen LogP contribution in [0.2, 0.25) is 0 Å². The van der Waals surface area contributed by atoms with Crippen LogP contribution in [0, 0.1) is 0 Å². The van der Waals surface area contributed by atoms with E-state index in [-0.39, 0.29) is 17.0 Å². The van der Waals surface area contributed by atoms with Crippen LogP contribution in [0.15, 0.2) is 46.1 Å². The van der Waals surface area contributed by atoms with E-state index >= 15 is 0 Å². The minimum Gasteiger partial charge on any atom is -0.342 e. The number of nitrogens with zero attached hydrogens (tertiary/aromatic N) is 2. The molecule has 2 aliphatic rings. The first-order valence-corrected chi connectivity index (χ1v) is 10.3. The fourth-order valence-corrected chi connectivity index (χ4v) is 4.38. The van der Waals surface area contributed by atoms with Crippen molar-refractivity contribution in [1.29, 1.82) is 0 Å². The van der Waals surface area contributed by atoms with E-state index in [1.807, 2.05) is 27.8 Å². The summed E-state index contributed by atoms with van der Waals surface area (Å²) in [5.74, 6) is 1.03. The van der Waals surface area contributed by atoms with Crippen molar-refractivity contribution < 1.29 is 4.79 Å². The van der Waals surface area contributed by atoms with Crippen LogP contribution < -0.4 is 10.6 Å². The average molecular weight is 383 g/mol. The summed E-state index contributed by atoms with van der Waals surface area (Å²) in [5.41, 5.74) is 2.53. The Labute approximate surface area is 164 Å². The van der Waals surface area contributed by atoms with Gasteiger partial charge < -0.3 is 10.2 Å². The number of benzene rings is 1. The normalized spacial score (nSPS) is 24.0. The van der Waals surface area contributed by atoms with Gasteiger partial charge in [0.25, 0.3) is 5.91 Å². The second-order valence-corrected chi connectivity index (χ2v) is 9.12. The predicted molar refractivity (Wildman–Crippen MR) is 112 cm³/mol. The van der Waals surface area contributed by atoms with E-state index in [0.29, 0.717) is 6.54 Å². The van der Waals surface area contributed by atoms with Gasteiger partial charge in [-0.1, -0.05) is 18.2 Å². The average Bonchev–Trinajstić information content (AvgIpc) is 3.27. The van der Waals surface area contributed by atoms with Crippen LogP contribution in [-0.4, -0.2) is 40.8 Å². The molecule has 0 saturated carbocycles. The van der Waals surface area contributed by atoms with E-state index in [1.165, 1.54) is 5.56 Å². The molecule has 1 atom stereocenters. The SMILES string of the molecule is CC(C)(C)N=C1Nc2ccccc2CNC12CCN(C(=O)c1ccsc1)C2. The monoisotopic (exact) mass is 382 g/mol. The van der Waals surface area contributed by atoms with Crippen molar-refractivity contribution in [3.63, 3.8) is 0 Å². The molecule has 0 radical (unpaired) electrons. The third-order valence-electron chi connectivity index (χ3n) is 5.11. The number of amidine groups is 1. The molecule has 5 nitrogen and oxygen atoms in total. The van der Waals surface area contributed by atoms with Crippen LogP contribution >= 0.6 is 11.3 Å². The lowest BCUT2D eigenvalue weighted by Gasteiger charge is -2.32. The Morgan fingerprint density at radius 2 is 2.07 bits per heavy atom. The molecular formula is C21H26N4OS. The molecule has 1 amide bonds. The van der Waals surface area contributed by atoms with Gasteiger partial charge in [0.1, 0.15) is 5.84 Å². The number of thiophene rings is 1. The molecule has 27 heavy (non-hydrogen) atoms. The fraction of sp³-hybridized carbons (Fsp3) is 0.429. The highest BCUT2D eigenvalue weighted by molar-refractivity contribution is 7.08. The molecule has 0 bridgehead atoms. The van der Waals surface area contributed by atoms with E-state index in [2.05, 4.69) is 49.6 Å². The molecule has 4 rings (SSSR count). The molecule has 2 aliphatic heterocycles. The maximum absolute atomic E-state index is 12.9. The maximum Gasteiger partial charge on any atom is 0.254 e. The van der Waals surface area contributed by atoms with Gasteiger partial charge in [0.05, 0.1) is 16.6 Å². The number of hydrogen-bond donors (Lipinski definition) is 2. The van der Waals surface area contributed by atoms with Crippen LogP contribution in [0.3, 0.4) is 0 Å². The Morgan fingerprint density at radius 3 is 2.81 bits per heavy atom. The Morgan fingerprint density at radius 1 is 1.26 bits per heavy atom. The van der Waals surface area contributed by atoms with Crippen molar-refractivity contribution in [3.05, 3.63) is 52.2 Å². The Kier molecular flexibility index (Phi) is 4.56. The second-order valence-electron chi connectivity index (χ2n) is 8.34. The fourth-order valence-electron chi connectivity index (χ4n) is 3.75. The number of nitrogens with one attached hydrogen (secondary N) is 2. The number of hydrogen-bond acceptors (Lipinski definition) is 4. The van der Waals surface area contributed by atoms with Gasteiger partial charge in [-0.05, 0) is 50.3 Å². The molecule has 142 valence electrons. The minimum atomic E-state index is -0.349. The highest BCUT2D eigenvalue weighted by Gasteiger charge is 2.46. The topological polar surface area (TPSA) is 56.7 Å². The van der Waals surface area contributed by atoms with Crippen molar-refractivity contribution in [1.82, 2.24) is 10.2 Å². The molecule has 6 heteroatoms. The van der Waals surface area contributed by atoms with Gasteiger partial charge in [-0.25, -0.2) is 0 Å². The zero-order chi connectivity index (χ0) is 19.1. The van der Waals surface area contributed by atoms with Crippen LogP contribution in [0.5, 0.6) is 0 Å². The molecule has 2 aromatic rings. The molecule has 0 aliphatic carbocycles. The maximum atomic E-state index is 12.9. The van der Waals surface area contributed by atoms with Gasteiger partial charge in [-0.3, -0.25) is 15.1 Å². The second kappa shape index (κ2) is 6.77. The highest BCUT2D eigenvalue weighted by atomic mass is 32.1. The van der Waals surface area contributed by atoms with Gasteiger partial charge >= 0.3 is 0 Å². The lowest BCUT2D eigenvalue weighted by atomic mass is 9.95. The van der Waals surface area contributed by atoms with Crippen molar-refractivity contribution in [2.75, 3.05) is 18.4 Å². The number of rotatable bonds is 1. The number of carbonyl (C=O) groups excluding carboxylic acids is 1. The Hall–Kier alpha value is -2.18. The van der Waals surface area contributed by atoms with Crippen LogP contribution in [-0.2, 0) is 6.54 Å². The minimum absolute atomic E-state index is 0.104. The molecular weight excluding hydrogens is 356 g/mol. The van der Waals surface area contributed by atoms with Gasteiger partial charge in [-0.15, -0.1) is 0 Å². The largest absolute Gasteiger partial charge is 0.342 e. The summed E-state index contributed by atoms with van der Waals surface area (Å²) in [6.07, 6.45) is 0.846. The van der Waals surface area contributed by atoms with Crippen LogP contribution in [0.25, 0.3) is 0 Å². The van der Waals surface area contributed by atoms with E-state index in [4.69, 9.17) is 4.99 Å². The summed E-state index contributed by atoms with van der Waals surface area (Å²) in [6.45, 7) is 8.42. The standard InChI is InChI=1S/C21H26N4OS/c1-20(2,3)24-19-21(22-12-15-6-4-5-7-17(15)23-19)9-10-25(14-21)18(26)16-8-11-27-13-16/h4-8,11,13,22H,9-10,12,14H2,1-3H3,(H,23,24). The molecule has 1 aromatic carbocycles. The van der Waals surface area contributed by atoms with Crippen molar-refractivity contribution in [2.45, 2.75) is 44.8 Å². The van der Waals surface area contributed by atoms with E-state index < -0.39 is 0 Å². The zero-order valence-corrected chi connectivity index (χ0v) is 16.9. The lowest BCUT2D eigenvalue weighted by molar-refractivity contribution is 0.0786. The number of likely N-dealkylation sites (tertiary alicyclic amines) is 1. The van der Waals surface area contributed by atoms with Gasteiger partial charge in [0.15, 0.2) is 0 Å². The summed E-state index contributed by atoms with van der Waals surface area (Å²) in [7, 11) is 0. The smallest absolute Gasteiger partial charge is 0.254 e. The van der Waals surface area contributed by atoms with Crippen molar-refractivity contribution >= 4 is 28.8 Å². The number of para-hydroxylation sites is 1. The third-order valence-corrected chi connectivity index (χ3v) is 5.80.